The molecule has 1 heterocycles. The highest BCUT2D eigenvalue weighted by molar-refractivity contribution is 6.10. The molecule has 2 atom stereocenters. The number of benzene rings is 3. The lowest BCUT2D eigenvalue weighted by molar-refractivity contribution is -0.116. The van der Waals surface area contributed by atoms with Crippen LogP contribution in [0.3, 0.4) is 0 Å². The van der Waals surface area contributed by atoms with Crippen LogP contribution in [0, 0.1) is 6.92 Å². The molecule has 0 radical (unpaired) electrons. The van der Waals surface area contributed by atoms with Gasteiger partial charge in [0.25, 0.3) is 5.91 Å². The summed E-state index contributed by atoms with van der Waals surface area (Å²) < 4.78 is 16.4. The molecule has 0 aromatic heterocycles. The molecule has 40 heavy (non-hydrogen) atoms. The van der Waals surface area contributed by atoms with Gasteiger partial charge in [0.05, 0.1) is 27.0 Å². The minimum atomic E-state index is -0.496. The number of aryl methyl sites for hydroxylation is 1. The molecule has 3 aromatic carbocycles. The predicted molar refractivity (Wildman–Crippen MR) is 155 cm³/mol. The molecule has 7 heteroatoms. The summed E-state index contributed by atoms with van der Waals surface area (Å²) in [6, 6.07) is 21.1. The largest absolute Gasteiger partial charge is 0.495 e. The molecule has 2 N–H and O–H groups in total. The minimum Gasteiger partial charge on any atom is -0.495 e. The van der Waals surface area contributed by atoms with Crippen molar-refractivity contribution in [3.8, 4) is 17.2 Å². The number of hydrogen-bond donors (Lipinski definition) is 2. The van der Waals surface area contributed by atoms with Gasteiger partial charge in [0.1, 0.15) is 5.75 Å². The first-order valence-electron chi connectivity index (χ1n) is 13.3. The number of ether oxygens (including phenoxy) is 3. The van der Waals surface area contributed by atoms with E-state index in [0.29, 0.717) is 46.9 Å². The fourth-order valence-corrected chi connectivity index (χ4v) is 5.80. The van der Waals surface area contributed by atoms with E-state index in [4.69, 9.17) is 14.2 Å². The average molecular weight is 539 g/mol. The first kappa shape index (κ1) is 27.1. The predicted octanol–water partition coefficient (Wildman–Crippen LogP) is 6.02. The number of Topliss-reactive ketones (excluding diaryl/α,β-unsaturated/α-hetero) is 1. The molecule has 5 rings (SSSR count). The molecule has 1 aliphatic carbocycles. The SMILES string of the molecule is COc1ccccc1NC(=O)C1=C(C)NC2=C(C(=O)C[C@H](c3ccc(OC)c(OC)c3)C2)[C@H]1c1cccc(C)c1. The first-order valence-corrected chi connectivity index (χ1v) is 13.3. The Morgan fingerprint density at radius 1 is 0.825 bits per heavy atom. The zero-order valence-corrected chi connectivity index (χ0v) is 23.5. The summed E-state index contributed by atoms with van der Waals surface area (Å²) in [5.74, 6) is 1.06. The fraction of sp³-hybridized carbons (Fsp3) is 0.273. The fourth-order valence-electron chi connectivity index (χ4n) is 5.80. The van der Waals surface area contributed by atoms with Gasteiger partial charge in [-0.2, -0.15) is 0 Å². The first-order chi connectivity index (χ1) is 19.3. The van der Waals surface area contributed by atoms with E-state index < -0.39 is 5.92 Å². The van der Waals surface area contributed by atoms with Crippen molar-refractivity contribution in [1.29, 1.82) is 0 Å². The summed E-state index contributed by atoms with van der Waals surface area (Å²) in [4.78, 5) is 27.9. The molecule has 2 aliphatic rings. The Balaban J connectivity index is 1.55. The topological polar surface area (TPSA) is 85.9 Å². The quantitative estimate of drug-likeness (QED) is 0.383. The van der Waals surface area contributed by atoms with Crippen molar-refractivity contribution in [3.63, 3.8) is 0 Å². The van der Waals surface area contributed by atoms with Crippen molar-refractivity contribution in [2.75, 3.05) is 26.6 Å². The van der Waals surface area contributed by atoms with Crippen LogP contribution in [0.15, 0.2) is 89.3 Å². The minimum absolute atomic E-state index is 0.0233. The van der Waals surface area contributed by atoms with Gasteiger partial charge in [-0.05, 0) is 61.6 Å². The highest BCUT2D eigenvalue weighted by Crippen LogP contribution is 2.46. The number of methoxy groups -OCH3 is 3. The Kier molecular flexibility index (Phi) is 7.65. The summed E-state index contributed by atoms with van der Waals surface area (Å²) >= 11 is 0. The average Bonchev–Trinajstić information content (AvgIpc) is 2.96. The number of para-hydroxylation sites is 2. The van der Waals surface area contributed by atoms with Gasteiger partial charge in [-0.25, -0.2) is 0 Å². The molecule has 3 aromatic rings. The second kappa shape index (κ2) is 11.3. The van der Waals surface area contributed by atoms with Gasteiger partial charge in [0.15, 0.2) is 17.3 Å². The van der Waals surface area contributed by atoms with Crippen LogP contribution in [0.2, 0.25) is 0 Å². The molecular weight excluding hydrogens is 504 g/mol. The van der Waals surface area contributed by atoms with Crippen LogP contribution in [0.25, 0.3) is 0 Å². The molecule has 1 amide bonds. The lowest BCUT2D eigenvalue weighted by Gasteiger charge is -2.37. The molecule has 0 fully saturated rings. The highest BCUT2D eigenvalue weighted by Gasteiger charge is 2.41. The maximum absolute atomic E-state index is 14.0. The molecule has 0 saturated carbocycles. The van der Waals surface area contributed by atoms with Gasteiger partial charge in [0, 0.05) is 34.9 Å². The summed E-state index contributed by atoms with van der Waals surface area (Å²) in [7, 11) is 4.78. The normalized spacial score (nSPS) is 18.6. The second-order valence-electron chi connectivity index (χ2n) is 10.2. The standard InChI is InChI=1S/C33H34N2O5/c1-19-9-8-10-22(15-19)31-30(33(37)35-24-11-6-7-12-27(24)38-3)20(2)34-25-16-23(17-26(36)32(25)31)21-13-14-28(39-4)29(18-21)40-5/h6-15,18,23,31,34H,16-17H2,1-5H3,(H,35,37)/t23-,31+/m1/s1. The van der Waals surface area contributed by atoms with Crippen molar-refractivity contribution >= 4 is 17.4 Å². The van der Waals surface area contributed by atoms with Gasteiger partial charge in [-0.1, -0.05) is 48.0 Å². The van der Waals surface area contributed by atoms with E-state index >= 15 is 0 Å². The summed E-state index contributed by atoms with van der Waals surface area (Å²) in [6.07, 6.45) is 0.969. The van der Waals surface area contributed by atoms with Crippen LogP contribution < -0.4 is 24.8 Å². The van der Waals surface area contributed by atoms with Crippen LogP contribution in [0.4, 0.5) is 5.69 Å². The molecular formula is C33H34N2O5. The number of rotatable bonds is 7. The van der Waals surface area contributed by atoms with Gasteiger partial charge in [-0.15, -0.1) is 0 Å². The van der Waals surface area contributed by atoms with Crippen molar-refractivity contribution in [1.82, 2.24) is 5.32 Å². The van der Waals surface area contributed by atoms with E-state index in [0.717, 1.165) is 28.1 Å². The molecule has 1 aliphatic heterocycles. The third kappa shape index (κ3) is 5.07. The molecule has 0 spiro atoms. The Bertz CT molecular complexity index is 1540. The van der Waals surface area contributed by atoms with Gasteiger partial charge < -0.3 is 24.8 Å². The van der Waals surface area contributed by atoms with Crippen molar-refractivity contribution in [3.05, 3.63) is 106 Å². The zero-order valence-electron chi connectivity index (χ0n) is 23.5. The Hall–Kier alpha value is -4.52. The third-order valence-corrected chi connectivity index (χ3v) is 7.68. The van der Waals surface area contributed by atoms with Gasteiger partial charge in [0.2, 0.25) is 0 Å². The summed E-state index contributed by atoms with van der Waals surface area (Å²) in [5, 5.41) is 6.47. The van der Waals surface area contributed by atoms with Crippen LogP contribution in [-0.2, 0) is 9.59 Å². The number of allylic oxidation sites excluding steroid dienone is 3. The number of hydrogen-bond acceptors (Lipinski definition) is 6. The van der Waals surface area contributed by atoms with Crippen LogP contribution in [-0.4, -0.2) is 33.0 Å². The molecule has 0 saturated heterocycles. The Morgan fingerprint density at radius 3 is 2.30 bits per heavy atom. The zero-order chi connectivity index (χ0) is 28.4. The van der Waals surface area contributed by atoms with Crippen LogP contribution in [0.5, 0.6) is 17.2 Å². The number of amides is 1. The number of ketones is 1. The highest BCUT2D eigenvalue weighted by atomic mass is 16.5. The maximum Gasteiger partial charge on any atom is 0.254 e. The lowest BCUT2D eigenvalue weighted by Crippen LogP contribution is -2.37. The molecule has 7 nitrogen and oxygen atoms in total. The third-order valence-electron chi connectivity index (χ3n) is 7.68. The van der Waals surface area contributed by atoms with Crippen molar-refractivity contribution in [2.24, 2.45) is 0 Å². The van der Waals surface area contributed by atoms with E-state index in [1.165, 1.54) is 0 Å². The van der Waals surface area contributed by atoms with Crippen LogP contribution in [0.1, 0.15) is 48.3 Å². The van der Waals surface area contributed by atoms with E-state index in [9.17, 15) is 9.59 Å². The van der Waals surface area contributed by atoms with Crippen molar-refractivity contribution < 1.29 is 23.8 Å². The number of carbonyl (C=O) groups excluding carboxylic acids is 2. The number of carbonyl (C=O) groups is 2. The maximum atomic E-state index is 14.0. The molecule has 0 bridgehead atoms. The Labute approximate surface area is 234 Å². The smallest absolute Gasteiger partial charge is 0.254 e. The van der Waals surface area contributed by atoms with E-state index in [2.05, 4.69) is 16.7 Å². The monoisotopic (exact) mass is 538 g/mol. The van der Waals surface area contributed by atoms with Crippen molar-refractivity contribution in [2.45, 2.75) is 38.5 Å². The summed E-state index contributed by atoms with van der Waals surface area (Å²) in [5.41, 5.74) is 6.30. The van der Waals surface area contributed by atoms with E-state index in [-0.39, 0.29) is 17.6 Å². The van der Waals surface area contributed by atoms with E-state index in [1.807, 2.05) is 62.4 Å². The van der Waals surface area contributed by atoms with Gasteiger partial charge >= 0.3 is 0 Å². The Morgan fingerprint density at radius 2 is 1.57 bits per heavy atom. The number of anilines is 1. The lowest BCUT2D eigenvalue weighted by atomic mass is 9.71. The number of dihydropyridines is 1. The molecule has 0 unspecified atom stereocenters. The molecule has 206 valence electrons. The number of nitrogens with one attached hydrogen (secondary N) is 2. The summed E-state index contributed by atoms with van der Waals surface area (Å²) in [6.45, 7) is 3.91. The van der Waals surface area contributed by atoms with E-state index in [1.54, 1.807) is 33.5 Å². The van der Waals surface area contributed by atoms with Gasteiger partial charge in [-0.3, -0.25) is 9.59 Å². The van der Waals surface area contributed by atoms with Crippen LogP contribution >= 0.6 is 0 Å². The second-order valence-corrected chi connectivity index (χ2v) is 10.2.